The first-order chi connectivity index (χ1) is 9.64. The molecule has 4 nitrogen and oxygen atoms in total. The molecule has 106 valence electrons. The molecule has 0 amide bonds. The van der Waals surface area contributed by atoms with Gasteiger partial charge in [0, 0.05) is 24.5 Å². The molecule has 0 aliphatic carbocycles. The maximum Gasteiger partial charge on any atom is 0.203 e. The predicted octanol–water partition coefficient (Wildman–Crippen LogP) is 3.36. The summed E-state index contributed by atoms with van der Waals surface area (Å²) in [5, 5.41) is 0. The second kappa shape index (κ2) is 5.74. The molecule has 0 N–H and O–H groups in total. The Hall–Kier alpha value is -2.36. The van der Waals surface area contributed by atoms with Crippen LogP contribution in [0, 0.1) is 0 Å². The number of nitrogens with zero attached hydrogens (tertiary/aromatic N) is 1. The van der Waals surface area contributed by atoms with Crippen LogP contribution in [0.1, 0.15) is 5.69 Å². The molecule has 1 heterocycles. The summed E-state index contributed by atoms with van der Waals surface area (Å²) in [4.78, 5) is 0. The van der Waals surface area contributed by atoms with Gasteiger partial charge in [0.2, 0.25) is 5.75 Å². The Balaban J connectivity index is 2.59. The Labute approximate surface area is 119 Å². The molecule has 2 aromatic rings. The molecular formula is C16H19NO3. The molecule has 2 rings (SSSR count). The number of benzene rings is 1. The van der Waals surface area contributed by atoms with E-state index >= 15 is 0 Å². The van der Waals surface area contributed by atoms with Gasteiger partial charge in [-0.2, -0.15) is 0 Å². The molecular weight excluding hydrogens is 254 g/mol. The fourth-order valence-electron chi connectivity index (χ4n) is 2.19. The van der Waals surface area contributed by atoms with Crippen molar-refractivity contribution in [3.8, 4) is 28.4 Å². The highest BCUT2D eigenvalue weighted by Gasteiger charge is 2.15. The minimum Gasteiger partial charge on any atom is -0.493 e. The van der Waals surface area contributed by atoms with E-state index in [1.54, 1.807) is 21.3 Å². The largest absolute Gasteiger partial charge is 0.493 e. The molecule has 0 spiro atoms. The Morgan fingerprint density at radius 2 is 1.55 bits per heavy atom. The van der Waals surface area contributed by atoms with Gasteiger partial charge in [-0.3, -0.25) is 0 Å². The maximum absolute atomic E-state index is 5.37. The van der Waals surface area contributed by atoms with Crippen molar-refractivity contribution in [2.75, 3.05) is 21.3 Å². The van der Waals surface area contributed by atoms with Gasteiger partial charge in [-0.25, -0.2) is 0 Å². The molecule has 0 unspecified atom stereocenters. The number of methoxy groups -OCH3 is 3. The highest BCUT2D eigenvalue weighted by Crippen LogP contribution is 2.41. The Morgan fingerprint density at radius 1 is 0.950 bits per heavy atom. The average molecular weight is 273 g/mol. The minimum absolute atomic E-state index is 0.596. The lowest BCUT2D eigenvalue weighted by atomic mass is 10.1. The van der Waals surface area contributed by atoms with Gasteiger partial charge >= 0.3 is 0 Å². The molecule has 4 heteroatoms. The van der Waals surface area contributed by atoms with Crippen LogP contribution in [0.2, 0.25) is 0 Å². The maximum atomic E-state index is 5.37. The molecule has 0 aliphatic rings. The van der Waals surface area contributed by atoms with E-state index < -0.39 is 0 Å². The number of aryl methyl sites for hydroxylation is 1. The summed E-state index contributed by atoms with van der Waals surface area (Å²) in [5.74, 6) is 1.88. The van der Waals surface area contributed by atoms with Crippen LogP contribution in [0.15, 0.2) is 31.0 Å². The molecule has 0 saturated carbocycles. The molecule has 0 aliphatic heterocycles. The van der Waals surface area contributed by atoms with Crippen molar-refractivity contribution in [3.63, 3.8) is 0 Å². The molecule has 0 fully saturated rings. The van der Waals surface area contributed by atoms with Crippen LogP contribution in [0.5, 0.6) is 17.2 Å². The van der Waals surface area contributed by atoms with Gasteiger partial charge < -0.3 is 18.8 Å². The Morgan fingerprint density at radius 3 is 1.95 bits per heavy atom. The zero-order chi connectivity index (χ0) is 14.7. The van der Waals surface area contributed by atoms with Gasteiger partial charge in [-0.15, -0.1) is 0 Å². The molecule has 0 saturated heterocycles. The molecule has 1 aromatic carbocycles. The third-order valence-electron chi connectivity index (χ3n) is 3.25. The van der Waals surface area contributed by atoms with Gasteiger partial charge in [-0.05, 0) is 29.8 Å². The van der Waals surface area contributed by atoms with E-state index in [0.717, 1.165) is 16.8 Å². The first kappa shape index (κ1) is 14.1. The van der Waals surface area contributed by atoms with Crippen molar-refractivity contribution >= 4 is 6.08 Å². The molecule has 0 atom stereocenters. The van der Waals surface area contributed by atoms with E-state index in [2.05, 4.69) is 12.6 Å². The third kappa shape index (κ3) is 2.37. The van der Waals surface area contributed by atoms with E-state index in [4.69, 9.17) is 14.2 Å². The second-order valence-electron chi connectivity index (χ2n) is 4.38. The van der Waals surface area contributed by atoms with Crippen molar-refractivity contribution < 1.29 is 14.2 Å². The van der Waals surface area contributed by atoms with Crippen molar-refractivity contribution in [3.05, 3.63) is 36.7 Å². The van der Waals surface area contributed by atoms with E-state index in [9.17, 15) is 0 Å². The number of hydrogen-bond donors (Lipinski definition) is 0. The normalized spacial score (nSPS) is 10.2. The quantitative estimate of drug-likeness (QED) is 0.837. The minimum atomic E-state index is 0.596. The molecule has 1 aromatic heterocycles. The van der Waals surface area contributed by atoms with Crippen LogP contribution in [0.4, 0.5) is 0 Å². The van der Waals surface area contributed by atoms with Crippen molar-refractivity contribution in [1.29, 1.82) is 0 Å². The summed E-state index contributed by atoms with van der Waals surface area (Å²) >= 11 is 0. The zero-order valence-electron chi connectivity index (χ0n) is 12.3. The first-order valence-corrected chi connectivity index (χ1v) is 6.23. The van der Waals surface area contributed by atoms with Crippen molar-refractivity contribution in [2.45, 2.75) is 0 Å². The van der Waals surface area contributed by atoms with Crippen LogP contribution in [0.3, 0.4) is 0 Å². The van der Waals surface area contributed by atoms with Gasteiger partial charge in [-0.1, -0.05) is 6.58 Å². The SMILES string of the molecule is C=Cc1cc(-c2cc(OC)c(OC)c(OC)c2)cn1C. The summed E-state index contributed by atoms with van der Waals surface area (Å²) in [6.07, 6.45) is 3.86. The zero-order valence-corrected chi connectivity index (χ0v) is 12.3. The predicted molar refractivity (Wildman–Crippen MR) is 80.6 cm³/mol. The van der Waals surface area contributed by atoms with Gasteiger partial charge in [0.1, 0.15) is 0 Å². The topological polar surface area (TPSA) is 32.6 Å². The van der Waals surface area contributed by atoms with E-state index in [0.29, 0.717) is 17.2 Å². The summed E-state index contributed by atoms with van der Waals surface area (Å²) in [7, 11) is 6.80. The van der Waals surface area contributed by atoms with Crippen LogP contribution in [-0.2, 0) is 7.05 Å². The summed E-state index contributed by atoms with van der Waals surface area (Å²) in [6, 6.07) is 5.93. The summed E-state index contributed by atoms with van der Waals surface area (Å²) in [6.45, 7) is 3.80. The lowest BCUT2D eigenvalue weighted by molar-refractivity contribution is 0.324. The van der Waals surface area contributed by atoms with Gasteiger partial charge in [0.05, 0.1) is 21.3 Å². The van der Waals surface area contributed by atoms with E-state index in [1.165, 1.54) is 0 Å². The summed E-state index contributed by atoms with van der Waals surface area (Å²) < 4.78 is 18.1. The van der Waals surface area contributed by atoms with E-state index in [-0.39, 0.29) is 0 Å². The highest BCUT2D eigenvalue weighted by atomic mass is 16.5. The average Bonchev–Trinajstić information content (AvgIpc) is 2.86. The monoisotopic (exact) mass is 273 g/mol. The highest BCUT2D eigenvalue weighted by molar-refractivity contribution is 5.72. The lowest BCUT2D eigenvalue weighted by Gasteiger charge is -2.13. The van der Waals surface area contributed by atoms with Gasteiger partial charge in [0.15, 0.2) is 11.5 Å². The standard InChI is InChI=1S/C16H19NO3/c1-6-13-7-12(10-17(13)2)11-8-14(18-3)16(20-5)15(9-11)19-4/h6-10H,1H2,2-5H3. The fraction of sp³-hybridized carbons (Fsp3) is 0.250. The van der Waals surface area contributed by atoms with Crippen LogP contribution in [-0.4, -0.2) is 25.9 Å². The molecule has 20 heavy (non-hydrogen) atoms. The van der Waals surface area contributed by atoms with Crippen LogP contribution in [0.25, 0.3) is 17.2 Å². The lowest BCUT2D eigenvalue weighted by Crippen LogP contribution is -1.95. The summed E-state index contributed by atoms with van der Waals surface area (Å²) in [5.41, 5.74) is 3.12. The number of ether oxygens (including phenoxy) is 3. The van der Waals surface area contributed by atoms with Crippen molar-refractivity contribution in [1.82, 2.24) is 4.57 Å². The molecule has 0 radical (unpaired) electrons. The molecule has 0 bridgehead atoms. The number of aromatic nitrogens is 1. The smallest absolute Gasteiger partial charge is 0.203 e. The van der Waals surface area contributed by atoms with Gasteiger partial charge in [0.25, 0.3) is 0 Å². The third-order valence-corrected chi connectivity index (χ3v) is 3.25. The van der Waals surface area contributed by atoms with Crippen LogP contribution >= 0.6 is 0 Å². The Bertz CT molecular complexity index is 604. The number of hydrogen-bond acceptors (Lipinski definition) is 3. The Kier molecular flexibility index (Phi) is 4.03. The van der Waals surface area contributed by atoms with Crippen LogP contribution < -0.4 is 14.2 Å². The van der Waals surface area contributed by atoms with Crippen molar-refractivity contribution in [2.24, 2.45) is 7.05 Å². The first-order valence-electron chi connectivity index (χ1n) is 6.23. The second-order valence-corrected chi connectivity index (χ2v) is 4.38. The number of rotatable bonds is 5. The fourth-order valence-corrected chi connectivity index (χ4v) is 2.19. The van der Waals surface area contributed by atoms with E-state index in [1.807, 2.05) is 36.0 Å².